The van der Waals surface area contributed by atoms with Crippen molar-refractivity contribution < 1.29 is 4.74 Å². The highest BCUT2D eigenvalue weighted by atomic mass is 35.5. The van der Waals surface area contributed by atoms with Crippen LogP contribution in [0.25, 0.3) is 0 Å². The molecule has 0 amide bonds. The van der Waals surface area contributed by atoms with Gasteiger partial charge >= 0.3 is 0 Å². The van der Waals surface area contributed by atoms with Crippen LogP contribution < -0.4 is 0 Å². The van der Waals surface area contributed by atoms with Gasteiger partial charge in [0.2, 0.25) is 0 Å². The first-order chi connectivity index (χ1) is 10.8. The Morgan fingerprint density at radius 3 is 2.04 bits per heavy atom. The maximum Gasteiger partial charge on any atom is 0.119 e. The third-order valence-corrected chi connectivity index (χ3v) is 4.33. The summed E-state index contributed by atoms with van der Waals surface area (Å²) < 4.78 is 6.43. The number of hydrogen-bond donors (Lipinski definition) is 0. The average molecular weight is 328 g/mol. The zero-order valence-electron chi connectivity index (χ0n) is 13.2. The molecule has 1 fully saturated rings. The van der Waals surface area contributed by atoms with Gasteiger partial charge in [0.05, 0.1) is 13.2 Å². The highest BCUT2D eigenvalue weighted by molar-refractivity contribution is 5.85. The molecular weight excluding hydrogens is 306 g/mol. The maximum absolute atomic E-state index is 6.43. The fourth-order valence-electron chi connectivity index (χ4n) is 3.17. The Kier molecular flexibility index (Phi) is 6.24. The van der Waals surface area contributed by atoms with Crippen LogP contribution in [-0.2, 0) is 10.3 Å². The monoisotopic (exact) mass is 327 g/mol. The lowest BCUT2D eigenvalue weighted by Crippen LogP contribution is -2.32. The smallest absolute Gasteiger partial charge is 0.119 e. The number of rotatable bonds is 3. The topological polar surface area (TPSA) is 12.5 Å². The summed E-state index contributed by atoms with van der Waals surface area (Å²) in [5.41, 5.74) is 2.04. The van der Waals surface area contributed by atoms with Crippen molar-refractivity contribution in [3.63, 3.8) is 0 Å². The first-order valence-corrected chi connectivity index (χ1v) is 7.76. The van der Waals surface area contributed by atoms with Gasteiger partial charge in [-0.2, -0.15) is 0 Å². The lowest BCUT2D eigenvalue weighted by Gasteiger charge is -2.34. The summed E-state index contributed by atoms with van der Waals surface area (Å²) in [4.78, 5) is 2.29. The van der Waals surface area contributed by atoms with Crippen LogP contribution in [0, 0.1) is 12.3 Å². The van der Waals surface area contributed by atoms with Crippen molar-refractivity contribution in [1.29, 1.82) is 0 Å². The Hall–Kier alpha value is -1.79. The summed E-state index contributed by atoms with van der Waals surface area (Å²) in [6, 6.07) is 21.0. The van der Waals surface area contributed by atoms with Crippen LogP contribution in [0.1, 0.15) is 17.5 Å². The molecule has 120 valence electrons. The molecule has 0 N–H and O–H groups in total. The first-order valence-electron chi connectivity index (χ1n) is 7.76. The third kappa shape index (κ3) is 3.76. The van der Waals surface area contributed by atoms with E-state index >= 15 is 0 Å². The standard InChI is InChI=1S/C20H21NO.ClH/c1-2-14-21-15-13-20(22-17-16-21,18-9-5-3-6-10-18)19-11-7-4-8-12-19;/h1,3-12H,13-17H2;1H. The van der Waals surface area contributed by atoms with Gasteiger partial charge in [0.25, 0.3) is 0 Å². The van der Waals surface area contributed by atoms with E-state index in [1.807, 2.05) is 12.1 Å². The number of halogens is 1. The van der Waals surface area contributed by atoms with Gasteiger partial charge in [-0.3, -0.25) is 4.90 Å². The zero-order valence-corrected chi connectivity index (χ0v) is 14.0. The van der Waals surface area contributed by atoms with Crippen LogP contribution in [0.5, 0.6) is 0 Å². The number of nitrogens with zero attached hydrogens (tertiary/aromatic N) is 1. The van der Waals surface area contributed by atoms with Gasteiger partial charge in [-0.1, -0.05) is 66.6 Å². The number of benzene rings is 2. The summed E-state index contributed by atoms with van der Waals surface area (Å²) in [5.74, 6) is 2.74. The van der Waals surface area contributed by atoms with E-state index in [0.29, 0.717) is 13.2 Å². The molecule has 0 atom stereocenters. The van der Waals surface area contributed by atoms with Crippen molar-refractivity contribution in [1.82, 2.24) is 4.90 Å². The van der Waals surface area contributed by atoms with E-state index in [1.54, 1.807) is 0 Å². The second kappa shape index (κ2) is 8.17. The minimum atomic E-state index is -0.383. The van der Waals surface area contributed by atoms with Crippen LogP contribution >= 0.6 is 12.4 Å². The second-order valence-corrected chi connectivity index (χ2v) is 5.64. The molecule has 0 bridgehead atoms. The highest BCUT2D eigenvalue weighted by Crippen LogP contribution is 2.38. The van der Waals surface area contributed by atoms with Crippen LogP contribution in [0.3, 0.4) is 0 Å². The van der Waals surface area contributed by atoms with Crippen molar-refractivity contribution in [3.05, 3.63) is 71.8 Å². The fraction of sp³-hybridized carbons (Fsp3) is 0.300. The summed E-state index contributed by atoms with van der Waals surface area (Å²) in [7, 11) is 0. The molecule has 1 aliphatic rings. The van der Waals surface area contributed by atoms with Gasteiger partial charge < -0.3 is 4.74 Å². The van der Waals surface area contributed by atoms with E-state index < -0.39 is 0 Å². The molecule has 0 unspecified atom stereocenters. The molecule has 2 aromatic rings. The summed E-state index contributed by atoms with van der Waals surface area (Å²) in [5, 5.41) is 0. The van der Waals surface area contributed by atoms with E-state index in [1.165, 1.54) is 11.1 Å². The number of ether oxygens (including phenoxy) is 1. The molecule has 0 aromatic heterocycles. The van der Waals surface area contributed by atoms with Crippen molar-refractivity contribution >= 4 is 12.4 Å². The van der Waals surface area contributed by atoms with Crippen LogP contribution in [-0.4, -0.2) is 31.1 Å². The van der Waals surface area contributed by atoms with E-state index in [2.05, 4.69) is 59.4 Å². The van der Waals surface area contributed by atoms with Gasteiger partial charge in [0, 0.05) is 13.1 Å². The number of terminal acetylenes is 1. The summed E-state index contributed by atoms with van der Waals surface area (Å²) in [6.07, 6.45) is 6.37. The maximum atomic E-state index is 6.43. The van der Waals surface area contributed by atoms with Gasteiger partial charge in [-0.15, -0.1) is 18.8 Å². The van der Waals surface area contributed by atoms with Crippen LogP contribution in [0.15, 0.2) is 60.7 Å². The molecule has 1 heterocycles. The normalized spacial score (nSPS) is 17.5. The molecule has 2 aromatic carbocycles. The molecule has 0 aliphatic carbocycles. The van der Waals surface area contributed by atoms with E-state index in [4.69, 9.17) is 11.2 Å². The van der Waals surface area contributed by atoms with E-state index in [0.717, 1.165) is 19.5 Å². The van der Waals surface area contributed by atoms with Gasteiger partial charge in [0.1, 0.15) is 5.60 Å². The predicted octanol–water partition coefficient (Wildman–Crippen LogP) is 3.71. The molecule has 3 rings (SSSR count). The molecule has 1 aliphatic heterocycles. The lowest BCUT2D eigenvalue weighted by molar-refractivity contribution is -0.0100. The molecule has 0 spiro atoms. The minimum absolute atomic E-state index is 0. The van der Waals surface area contributed by atoms with Crippen molar-refractivity contribution in [2.75, 3.05) is 26.2 Å². The molecular formula is C20H22ClNO. The Balaban J connectivity index is 0.00000192. The molecule has 0 radical (unpaired) electrons. The van der Waals surface area contributed by atoms with E-state index in [-0.39, 0.29) is 18.0 Å². The summed E-state index contributed by atoms with van der Waals surface area (Å²) >= 11 is 0. The molecule has 2 nitrogen and oxygen atoms in total. The van der Waals surface area contributed by atoms with E-state index in [9.17, 15) is 0 Å². The molecule has 23 heavy (non-hydrogen) atoms. The van der Waals surface area contributed by atoms with Crippen molar-refractivity contribution in [2.24, 2.45) is 0 Å². The molecule has 1 saturated heterocycles. The van der Waals surface area contributed by atoms with Crippen LogP contribution in [0.4, 0.5) is 0 Å². The minimum Gasteiger partial charge on any atom is -0.364 e. The summed E-state index contributed by atoms with van der Waals surface area (Å²) in [6.45, 7) is 3.19. The predicted molar refractivity (Wildman–Crippen MR) is 96.8 cm³/mol. The third-order valence-electron chi connectivity index (χ3n) is 4.33. The molecule has 3 heteroatoms. The SMILES string of the molecule is C#CCN1CCOC(c2ccccc2)(c2ccccc2)CC1.Cl. The van der Waals surface area contributed by atoms with Crippen molar-refractivity contribution in [2.45, 2.75) is 12.0 Å². The van der Waals surface area contributed by atoms with Crippen LogP contribution in [0.2, 0.25) is 0 Å². The Labute approximate surface area is 144 Å². The fourth-order valence-corrected chi connectivity index (χ4v) is 3.17. The number of hydrogen-bond acceptors (Lipinski definition) is 2. The quantitative estimate of drug-likeness (QED) is 0.797. The van der Waals surface area contributed by atoms with Gasteiger partial charge in [-0.25, -0.2) is 0 Å². The lowest BCUT2D eigenvalue weighted by atomic mass is 9.83. The Bertz CT molecular complexity index is 596. The highest BCUT2D eigenvalue weighted by Gasteiger charge is 2.37. The van der Waals surface area contributed by atoms with Gasteiger partial charge in [-0.05, 0) is 17.5 Å². The largest absolute Gasteiger partial charge is 0.364 e. The molecule has 0 saturated carbocycles. The van der Waals surface area contributed by atoms with Gasteiger partial charge in [0.15, 0.2) is 0 Å². The first kappa shape index (κ1) is 17.6. The average Bonchev–Trinajstić information content (AvgIpc) is 2.81. The zero-order chi connectivity index (χ0) is 15.3. The Morgan fingerprint density at radius 2 is 1.52 bits per heavy atom. The van der Waals surface area contributed by atoms with Crippen molar-refractivity contribution in [3.8, 4) is 12.3 Å². The second-order valence-electron chi connectivity index (χ2n) is 5.64. The Morgan fingerprint density at radius 1 is 0.957 bits per heavy atom.